The second kappa shape index (κ2) is 6.56. The number of hydrogen-bond acceptors (Lipinski definition) is 4. The van der Waals surface area contributed by atoms with Gasteiger partial charge in [0.15, 0.2) is 0 Å². The molecule has 0 aromatic carbocycles. The first kappa shape index (κ1) is 15.3. The average Bonchev–Trinajstić information content (AvgIpc) is 2.48. The van der Waals surface area contributed by atoms with Crippen molar-refractivity contribution in [3.63, 3.8) is 0 Å². The van der Waals surface area contributed by atoms with Crippen molar-refractivity contribution in [2.24, 2.45) is 5.92 Å². The van der Waals surface area contributed by atoms with Gasteiger partial charge in [-0.05, 0) is 18.1 Å². The quantitative estimate of drug-likeness (QED) is 0.888. The molecule has 2 heterocycles. The summed E-state index contributed by atoms with van der Waals surface area (Å²) in [6, 6.07) is 3.46. The molecule has 2 rings (SSSR count). The Kier molecular flexibility index (Phi) is 4.77. The van der Waals surface area contributed by atoms with Crippen LogP contribution in [0.2, 0.25) is 0 Å². The highest BCUT2D eigenvalue weighted by atomic mass is 16.2. The molecule has 0 unspecified atom stereocenters. The van der Waals surface area contributed by atoms with E-state index in [9.17, 15) is 9.59 Å². The van der Waals surface area contributed by atoms with E-state index in [2.05, 4.69) is 24.1 Å². The maximum atomic E-state index is 12.2. The summed E-state index contributed by atoms with van der Waals surface area (Å²) in [6.07, 6.45) is 1.65. The van der Waals surface area contributed by atoms with E-state index >= 15 is 0 Å². The molecule has 1 fully saturated rings. The van der Waals surface area contributed by atoms with Gasteiger partial charge in [-0.15, -0.1) is 0 Å². The molecular formula is C15H22N4O2. The summed E-state index contributed by atoms with van der Waals surface area (Å²) in [5.74, 6) is 0.935. The minimum Gasteiger partial charge on any atom is -0.355 e. The van der Waals surface area contributed by atoms with Gasteiger partial charge in [-0.1, -0.05) is 13.8 Å². The Morgan fingerprint density at radius 3 is 2.81 bits per heavy atom. The lowest BCUT2D eigenvalue weighted by Gasteiger charge is -2.36. The van der Waals surface area contributed by atoms with Crippen molar-refractivity contribution in [1.29, 1.82) is 0 Å². The van der Waals surface area contributed by atoms with Crippen LogP contribution in [-0.2, 0) is 4.79 Å². The van der Waals surface area contributed by atoms with E-state index in [0.29, 0.717) is 30.4 Å². The zero-order valence-electron chi connectivity index (χ0n) is 12.8. The number of piperazine rings is 1. The number of aromatic nitrogens is 1. The summed E-state index contributed by atoms with van der Waals surface area (Å²) in [5.41, 5.74) is 0.505. The first-order valence-electron chi connectivity index (χ1n) is 7.22. The molecular weight excluding hydrogens is 268 g/mol. The van der Waals surface area contributed by atoms with E-state index in [4.69, 9.17) is 0 Å². The largest absolute Gasteiger partial charge is 0.355 e. The number of pyridine rings is 1. The Bertz CT molecular complexity index is 530. The normalized spacial score (nSPS) is 15.5. The van der Waals surface area contributed by atoms with E-state index in [1.54, 1.807) is 25.4 Å². The molecule has 6 heteroatoms. The standard InChI is InChI=1S/C15H22N4O2/c1-11(2)9-18-7-8-19(10-13(18)20)14-12(15(21)16-3)5-4-6-17-14/h4-6,11H,7-10H2,1-3H3,(H,16,21). The highest BCUT2D eigenvalue weighted by Gasteiger charge is 2.27. The lowest BCUT2D eigenvalue weighted by atomic mass is 10.1. The van der Waals surface area contributed by atoms with Crippen molar-refractivity contribution in [3.8, 4) is 0 Å². The van der Waals surface area contributed by atoms with Gasteiger partial charge in [0.1, 0.15) is 5.82 Å². The Hall–Kier alpha value is -2.11. The monoisotopic (exact) mass is 290 g/mol. The second-order valence-electron chi connectivity index (χ2n) is 5.61. The fourth-order valence-electron chi connectivity index (χ4n) is 2.48. The highest BCUT2D eigenvalue weighted by molar-refractivity contribution is 5.99. The zero-order chi connectivity index (χ0) is 15.4. The predicted octanol–water partition coefficient (Wildman–Crippen LogP) is 0.746. The Labute approximate surface area is 125 Å². The smallest absolute Gasteiger partial charge is 0.254 e. The molecule has 6 nitrogen and oxygen atoms in total. The summed E-state index contributed by atoms with van der Waals surface area (Å²) < 4.78 is 0. The fraction of sp³-hybridized carbons (Fsp3) is 0.533. The highest BCUT2D eigenvalue weighted by Crippen LogP contribution is 2.19. The fourth-order valence-corrected chi connectivity index (χ4v) is 2.48. The molecule has 1 aliphatic rings. The van der Waals surface area contributed by atoms with Gasteiger partial charge in [-0.3, -0.25) is 9.59 Å². The Morgan fingerprint density at radius 1 is 1.43 bits per heavy atom. The molecule has 1 aromatic rings. The summed E-state index contributed by atoms with van der Waals surface area (Å²) >= 11 is 0. The van der Waals surface area contributed by atoms with Gasteiger partial charge in [0, 0.05) is 32.9 Å². The van der Waals surface area contributed by atoms with Gasteiger partial charge in [-0.25, -0.2) is 4.98 Å². The number of anilines is 1. The number of amides is 2. The minimum atomic E-state index is -0.185. The molecule has 1 saturated heterocycles. The van der Waals surface area contributed by atoms with Crippen LogP contribution in [0.3, 0.4) is 0 Å². The number of hydrogen-bond donors (Lipinski definition) is 1. The molecule has 114 valence electrons. The maximum Gasteiger partial charge on any atom is 0.254 e. The summed E-state index contributed by atoms with van der Waals surface area (Å²) in [7, 11) is 1.59. The van der Waals surface area contributed by atoms with Crippen molar-refractivity contribution in [3.05, 3.63) is 23.9 Å². The van der Waals surface area contributed by atoms with E-state index in [1.165, 1.54) is 0 Å². The van der Waals surface area contributed by atoms with Crippen LogP contribution in [-0.4, -0.2) is 54.9 Å². The predicted molar refractivity (Wildman–Crippen MR) is 81.3 cm³/mol. The summed E-state index contributed by atoms with van der Waals surface area (Å²) in [5, 5.41) is 2.61. The maximum absolute atomic E-state index is 12.2. The molecule has 0 saturated carbocycles. The van der Waals surface area contributed by atoms with Crippen molar-refractivity contribution in [2.75, 3.05) is 38.1 Å². The van der Waals surface area contributed by atoms with Crippen LogP contribution in [0.15, 0.2) is 18.3 Å². The molecule has 2 amide bonds. The zero-order valence-corrected chi connectivity index (χ0v) is 12.8. The molecule has 1 N–H and O–H groups in total. The van der Waals surface area contributed by atoms with E-state index < -0.39 is 0 Å². The van der Waals surface area contributed by atoms with Crippen LogP contribution in [0.5, 0.6) is 0 Å². The molecule has 1 aliphatic heterocycles. The lowest BCUT2D eigenvalue weighted by Crippen LogP contribution is -2.52. The van der Waals surface area contributed by atoms with Gasteiger partial charge < -0.3 is 15.1 Å². The minimum absolute atomic E-state index is 0.0865. The van der Waals surface area contributed by atoms with Crippen molar-refractivity contribution in [2.45, 2.75) is 13.8 Å². The number of carbonyl (C=O) groups is 2. The molecule has 0 aliphatic carbocycles. The van der Waals surface area contributed by atoms with Gasteiger partial charge in [0.2, 0.25) is 5.91 Å². The van der Waals surface area contributed by atoms with Crippen LogP contribution in [0.4, 0.5) is 5.82 Å². The molecule has 1 aromatic heterocycles. The topological polar surface area (TPSA) is 65.5 Å². The second-order valence-corrected chi connectivity index (χ2v) is 5.61. The van der Waals surface area contributed by atoms with Gasteiger partial charge in [0.25, 0.3) is 5.91 Å². The van der Waals surface area contributed by atoms with Gasteiger partial charge in [-0.2, -0.15) is 0 Å². The third-order valence-electron chi connectivity index (χ3n) is 3.46. The molecule has 0 radical (unpaired) electrons. The number of rotatable bonds is 4. The lowest BCUT2D eigenvalue weighted by molar-refractivity contribution is -0.131. The van der Waals surface area contributed by atoms with Crippen LogP contribution in [0.25, 0.3) is 0 Å². The molecule has 0 atom stereocenters. The van der Waals surface area contributed by atoms with Crippen molar-refractivity contribution < 1.29 is 9.59 Å². The third-order valence-corrected chi connectivity index (χ3v) is 3.46. The first-order chi connectivity index (χ1) is 10.0. The van der Waals surface area contributed by atoms with E-state index in [0.717, 1.165) is 6.54 Å². The Morgan fingerprint density at radius 2 is 2.19 bits per heavy atom. The SMILES string of the molecule is CNC(=O)c1cccnc1N1CCN(CC(C)C)C(=O)C1. The first-order valence-corrected chi connectivity index (χ1v) is 7.22. The van der Waals surface area contributed by atoms with Crippen molar-refractivity contribution >= 4 is 17.6 Å². The Balaban J connectivity index is 2.15. The molecule has 0 spiro atoms. The van der Waals surface area contributed by atoms with Crippen LogP contribution >= 0.6 is 0 Å². The summed E-state index contributed by atoms with van der Waals surface area (Å²) in [4.78, 5) is 32.2. The van der Waals surface area contributed by atoms with Crippen molar-refractivity contribution in [1.82, 2.24) is 15.2 Å². The average molecular weight is 290 g/mol. The van der Waals surface area contributed by atoms with E-state index in [-0.39, 0.29) is 18.4 Å². The number of nitrogens with zero attached hydrogens (tertiary/aromatic N) is 3. The molecule has 0 bridgehead atoms. The summed E-state index contributed by atoms with van der Waals surface area (Å²) in [6.45, 7) is 6.61. The van der Waals surface area contributed by atoms with Crippen LogP contribution in [0.1, 0.15) is 24.2 Å². The number of carbonyl (C=O) groups excluding carboxylic acids is 2. The number of nitrogens with one attached hydrogen (secondary N) is 1. The third kappa shape index (κ3) is 3.51. The van der Waals surface area contributed by atoms with Gasteiger partial charge >= 0.3 is 0 Å². The van der Waals surface area contributed by atoms with Gasteiger partial charge in [0.05, 0.1) is 12.1 Å². The molecule has 21 heavy (non-hydrogen) atoms. The van der Waals surface area contributed by atoms with Crippen LogP contribution in [0, 0.1) is 5.92 Å². The van der Waals surface area contributed by atoms with E-state index in [1.807, 2.05) is 9.80 Å². The van der Waals surface area contributed by atoms with Crippen LogP contribution < -0.4 is 10.2 Å².